The summed E-state index contributed by atoms with van der Waals surface area (Å²) in [6.45, 7) is 11.9. The minimum atomic E-state index is -0.493. The Hall–Kier alpha value is -4.07. The molecule has 0 bridgehead atoms. The van der Waals surface area contributed by atoms with Gasteiger partial charge in [-0.1, -0.05) is 18.2 Å². The average Bonchev–Trinajstić information content (AvgIpc) is 3.30. The normalized spacial score (nSPS) is 15.6. The number of pyridine rings is 1. The molecule has 204 valence electrons. The van der Waals surface area contributed by atoms with Gasteiger partial charge in [0.2, 0.25) is 0 Å². The number of hydrogen-bond acceptors (Lipinski definition) is 6. The zero-order chi connectivity index (χ0) is 27.7. The van der Waals surface area contributed by atoms with Gasteiger partial charge in [-0.2, -0.15) is 0 Å². The van der Waals surface area contributed by atoms with Crippen LogP contribution in [-0.2, 0) is 6.54 Å². The van der Waals surface area contributed by atoms with Gasteiger partial charge in [0.25, 0.3) is 5.91 Å². The monoisotopic (exact) mass is 529 g/mol. The number of aromatic nitrogens is 1. The fraction of sp³-hybridized carbons (Fsp3) is 0.355. The lowest BCUT2D eigenvalue weighted by molar-refractivity contribution is 0.0742. The third kappa shape index (κ3) is 5.55. The molecule has 7 nitrogen and oxygen atoms in total. The lowest BCUT2D eigenvalue weighted by Crippen LogP contribution is -2.49. The molecule has 2 aromatic carbocycles. The number of hydrogen-bond donors (Lipinski definition) is 0. The van der Waals surface area contributed by atoms with E-state index in [1.165, 1.54) is 11.6 Å². The van der Waals surface area contributed by atoms with Crippen LogP contribution in [0, 0.1) is 26.6 Å². The van der Waals surface area contributed by atoms with Crippen molar-refractivity contribution in [2.24, 2.45) is 0 Å². The number of allylic oxidation sites excluding steroid dienone is 1. The van der Waals surface area contributed by atoms with E-state index in [2.05, 4.69) is 40.8 Å². The molecule has 0 spiro atoms. The summed E-state index contributed by atoms with van der Waals surface area (Å²) >= 11 is 0. The van der Waals surface area contributed by atoms with Crippen molar-refractivity contribution in [1.82, 2.24) is 14.8 Å². The van der Waals surface area contributed by atoms with E-state index < -0.39 is 5.82 Å². The van der Waals surface area contributed by atoms with Gasteiger partial charge in [0.1, 0.15) is 17.4 Å². The van der Waals surface area contributed by atoms with Crippen LogP contribution < -0.4 is 14.5 Å². The molecule has 39 heavy (non-hydrogen) atoms. The third-order valence-corrected chi connectivity index (χ3v) is 7.65. The van der Waals surface area contributed by atoms with Crippen LogP contribution in [0.3, 0.4) is 0 Å². The second kappa shape index (κ2) is 11.0. The topological polar surface area (TPSA) is 52.2 Å². The van der Waals surface area contributed by atoms with Crippen LogP contribution in [0.5, 0.6) is 5.75 Å². The van der Waals surface area contributed by atoms with Gasteiger partial charge in [0.15, 0.2) is 0 Å². The summed E-state index contributed by atoms with van der Waals surface area (Å²) in [5.74, 6) is 1.04. The minimum Gasteiger partial charge on any atom is -0.497 e. The first-order valence-corrected chi connectivity index (χ1v) is 13.3. The van der Waals surface area contributed by atoms with Crippen LogP contribution in [0.15, 0.2) is 60.4 Å². The number of rotatable bonds is 6. The summed E-state index contributed by atoms with van der Waals surface area (Å²) in [5.41, 5.74) is 6.36. The summed E-state index contributed by atoms with van der Waals surface area (Å²) in [4.78, 5) is 26.2. The van der Waals surface area contributed by atoms with Gasteiger partial charge in [-0.05, 0) is 74.7 Å². The zero-order valence-corrected chi connectivity index (χ0v) is 23.4. The van der Waals surface area contributed by atoms with Gasteiger partial charge in [0.05, 0.1) is 19.3 Å². The number of piperazine rings is 1. The number of halogens is 1. The summed E-state index contributed by atoms with van der Waals surface area (Å²) in [6, 6.07) is 15.1. The predicted octanol–water partition coefficient (Wildman–Crippen LogP) is 5.26. The SMILES string of the molecule is COc1ccc(CN2C=C(C)N(c3ccc(C(=O)N4CCN(c5nc(C)c(C)cc5C)CC4)c(F)c3)C2)cc1. The molecule has 0 unspecified atom stereocenters. The zero-order valence-electron chi connectivity index (χ0n) is 23.4. The van der Waals surface area contributed by atoms with E-state index in [0.29, 0.717) is 32.8 Å². The number of benzene rings is 2. The Morgan fingerprint density at radius 2 is 1.67 bits per heavy atom. The highest BCUT2D eigenvalue weighted by molar-refractivity contribution is 5.95. The second-order valence-corrected chi connectivity index (χ2v) is 10.4. The molecule has 0 aliphatic carbocycles. The molecule has 8 heteroatoms. The minimum absolute atomic E-state index is 0.114. The van der Waals surface area contributed by atoms with E-state index in [4.69, 9.17) is 9.72 Å². The molecule has 0 radical (unpaired) electrons. The van der Waals surface area contributed by atoms with Gasteiger partial charge >= 0.3 is 0 Å². The van der Waals surface area contributed by atoms with Crippen molar-refractivity contribution in [3.05, 3.63) is 94.2 Å². The van der Waals surface area contributed by atoms with Gasteiger partial charge in [-0.25, -0.2) is 9.37 Å². The average molecular weight is 530 g/mol. The molecule has 0 saturated carbocycles. The van der Waals surface area contributed by atoms with Crippen molar-refractivity contribution >= 4 is 17.4 Å². The smallest absolute Gasteiger partial charge is 0.256 e. The molecule has 0 atom stereocenters. The summed E-state index contributed by atoms with van der Waals surface area (Å²) in [7, 11) is 1.66. The summed E-state index contributed by atoms with van der Waals surface area (Å²) < 4.78 is 20.5. The summed E-state index contributed by atoms with van der Waals surface area (Å²) in [6.07, 6.45) is 2.08. The lowest BCUT2D eigenvalue weighted by atomic mass is 10.1. The Kier molecular flexibility index (Phi) is 7.46. The first-order valence-electron chi connectivity index (χ1n) is 13.3. The van der Waals surface area contributed by atoms with Crippen molar-refractivity contribution in [3.63, 3.8) is 0 Å². The molecular formula is C31H36FN5O2. The molecule has 2 aliphatic rings. The molecule has 1 amide bonds. The highest BCUT2D eigenvalue weighted by atomic mass is 19.1. The molecule has 0 N–H and O–H groups in total. The fourth-order valence-electron chi connectivity index (χ4n) is 5.30. The van der Waals surface area contributed by atoms with Gasteiger partial charge in [-0.3, -0.25) is 4.79 Å². The molecule has 3 aromatic rings. The second-order valence-electron chi connectivity index (χ2n) is 10.4. The van der Waals surface area contributed by atoms with Crippen molar-refractivity contribution in [2.45, 2.75) is 34.2 Å². The lowest BCUT2D eigenvalue weighted by Gasteiger charge is -2.36. The number of nitrogens with zero attached hydrogens (tertiary/aromatic N) is 5. The number of carbonyl (C=O) groups is 1. The Balaban J connectivity index is 1.21. The third-order valence-electron chi connectivity index (χ3n) is 7.65. The van der Waals surface area contributed by atoms with E-state index >= 15 is 4.39 Å². The van der Waals surface area contributed by atoms with Crippen LogP contribution in [-0.4, -0.2) is 60.6 Å². The van der Waals surface area contributed by atoms with Gasteiger partial charge in [-0.15, -0.1) is 0 Å². The first kappa shape index (κ1) is 26.5. The molecule has 1 aromatic heterocycles. The van der Waals surface area contributed by atoms with Crippen molar-refractivity contribution in [2.75, 3.05) is 49.8 Å². The number of ether oxygens (including phenoxy) is 1. The number of amides is 1. The molecular weight excluding hydrogens is 493 g/mol. The van der Waals surface area contributed by atoms with E-state index in [-0.39, 0.29) is 11.5 Å². The fourth-order valence-corrected chi connectivity index (χ4v) is 5.30. The number of carbonyl (C=O) groups excluding carboxylic acids is 1. The molecule has 1 fully saturated rings. The Morgan fingerprint density at radius 3 is 2.33 bits per heavy atom. The molecule has 1 saturated heterocycles. The predicted molar refractivity (Wildman–Crippen MR) is 153 cm³/mol. The maximum atomic E-state index is 15.3. The van der Waals surface area contributed by atoms with E-state index in [1.54, 1.807) is 18.1 Å². The van der Waals surface area contributed by atoms with Crippen LogP contribution in [0.2, 0.25) is 0 Å². The van der Waals surface area contributed by atoms with Crippen LogP contribution in [0.4, 0.5) is 15.9 Å². The van der Waals surface area contributed by atoms with Crippen molar-refractivity contribution in [1.29, 1.82) is 0 Å². The Labute approximate surface area is 230 Å². The largest absolute Gasteiger partial charge is 0.497 e. The van der Waals surface area contributed by atoms with E-state index in [0.717, 1.165) is 46.3 Å². The van der Waals surface area contributed by atoms with Crippen molar-refractivity contribution in [3.8, 4) is 5.75 Å². The van der Waals surface area contributed by atoms with Gasteiger partial charge < -0.3 is 24.3 Å². The molecule has 3 heterocycles. The van der Waals surface area contributed by atoms with E-state index in [9.17, 15) is 4.79 Å². The van der Waals surface area contributed by atoms with E-state index in [1.807, 2.05) is 44.2 Å². The standard InChI is InChI=1S/C31H36FN5O2/c1-21-16-22(2)30(33-24(21)4)35-12-14-36(15-13-35)31(38)28-11-8-26(17-29(28)32)37-20-34(18-23(37)3)19-25-6-9-27(39-5)10-7-25/h6-11,16-18H,12-15,19-20H2,1-5H3. The number of aryl methyl sites for hydroxylation is 3. The van der Waals surface area contributed by atoms with Crippen molar-refractivity contribution < 1.29 is 13.9 Å². The molecule has 2 aliphatic heterocycles. The van der Waals surface area contributed by atoms with Gasteiger partial charge in [0, 0.05) is 56.0 Å². The quantitative estimate of drug-likeness (QED) is 0.434. The van der Waals surface area contributed by atoms with Crippen LogP contribution >= 0.6 is 0 Å². The Morgan fingerprint density at radius 1 is 0.949 bits per heavy atom. The maximum absolute atomic E-state index is 15.3. The number of methoxy groups -OCH3 is 1. The highest BCUT2D eigenvalue weighted by Crippen LogP contribution is 2.28. The van der Waals surface area contributed by atoms with Crippen LogP contribution in [0.1, 0.15) is 39.7 Å². The Bertz CT molecular complexity index is 1400. The maximum Gasteiger partial charge on any atom is 0.256 e. The van der Waals surface area contributed by atoms with Crippen LogP contribution in [0.25, 0.3) is 0 Å². The number of anilines is 2. The highest BCUT2D eigenvalue weighted by Gasteiger charge is 2.27. The molecule has 5 rings (SSSR count). The summed E-state index contributed by atoms with van der Waals surface area (Å²) in [5, 5.41) is 0. The first-order chi connectivity index (χ1) is 18.7.